The Morgan fingerprint density at radius 2 is 1.84 bits per heavy atom. The summed E-state index contributed by atoms with van der Waals surface area (Å²) in [4.78, 5) is 14.1. The van der Waals surface area contributed by atoms with Crippen LogP contribution < -0.4 is 35.0 Å². The molecule has 0 amide bonds. The summed E-state index contributed by atoms with van der Waals surface area (Å²) in [6.45, 7) is 13.3. The molecule has 4 heterocycles. The third-order valence-corrected chi connectivity index (χ3v) is 10.4. The van der Waals surface area contributed by atoms with E-state index < -0.39 is 7.14 Å². The maximum atomic E-state index is 13.4. The van der Waals surface area contributed by atoms with Crippen molar-refractivity contribution in [3.63, 3.8) is 0 Å². The molecule has 11 nitrogen and oxygen atoms in total. The SMILES string of the molecule is CCOC1CN(C2CCN(c3cc(OC)c(Nc4ncc(Cl)c(Nc5ccc6c(c5P(C)(C)=O)OCCO6)n4)cc3C)CC2)C1. The number of likely N-dealkylation sites (tertiary alicyclic amines) is 1. The molecular formula is C32H42ClN6O5P. The van der Waals surface area contributed by atoms with Gasteiger partial charge in [0.2, 0.25) is 5.95 Å². The van der Waals surface area contributed by atoms with Crippen LogP contribution in [-0.4, -0.2) is 93.5 Å². The minimum absolute atomic E-state index is 0.317. The molecule has 2 aromatic carbocycles. The van der Waals surface area contributed by atoms with Crippen LogP contribution in [0, 0.1) is 6.92 Å². The lowest BCUT2D eigenvalue weighted by molar-refractivity contribution is -0.0712. The smallest absolute Gasteiger partial charge is 0.229 e. The van der Waals surface area contributed by atoms with Crippen molar-refractivity contribution >= 4 is 52.9 Å². The van der Waals surface area contributed by atoms with E-state index in [1.807, 2.05) is 6.07 Å². The second kappa shape index (κ2) is 13.2. The molecule has 0 saturated carbocycles. The van der Waals surface area contributed by atoms with Gasteiger partial charge in [-0.25, -0.2) is 4.98 Å². The van der Waals surface area contributed by atoms with E-state index in [-0.39, 0.29) is 0 Å². The van der Waals surface area contributed by atoms with Crippen LogP contribution in [0.25, 0.3) is 0 Å². The second-order valence-corrected chi connectivity index (χ2v) is 15.6. The first-order chi connectivity index (χ1) is 21.6. The van der Waals surface area contributed by atoms with Crippen LogP contribution in [0.2, 0.25) is 5.02 Å². The van der Waals surface area contributed by atoms with Crippen LogP contribution in [0.5, 0.6) is 17.2 Å². The maximum Gasteiger partial charge on any atom is 0.229 e. The Kier molecular flexibility index (Phi) is 9.34. The monoisotopic (exact) mass is 656 g/mol. The zero-order valence-corrected chi connectivity index (χ0v) is 28.2. The fourth-order valence-corrected chi connectivity index (χ4v) is 7.88. The number of nitrogens with zero attached hydrogens (tertiary/aromatic N) is 4. The molecule has 2 N–H and O–H groups in total. The van der Waals surface area contributed by atoms with Gasteiger partial charge in [-0.05, 0) is 63.8 Å². The fraction of sp³-hybridized carbons (Fsp3) is 0.500. The number of halogens is 1. The van der Waals surface area contributed by atoms with E-state index in [9.17, 15) is 4.57 Å². The molecule has 0 bridgehead atoms. The Balaban J connectivity index is 1.18. The van der Waals surface area contributed by atoms with Gasteiger partial charge < -0.3 is 39.0 Å². The number of rotatable bonds is 10. The zero-order chi connectivity index (χ0) is 31.7. The van der Waals surface area contributed by atoms with Gasteiger partial charge in [0.05, 0.1) is 36.1 Å². The third kappa shape index (κ3) is 6.82. The highest BCUT2D eigenvalue weighted by Crippen LogP contribution is 2.47. The number of methoxy groups -OCH3 is 1. The van der Waals surface area contributed by atoms with Gasteiger partial charge in [-0.15, -0.1) is 0 Å². The van der Waals surface area contributed by atoms with Crippen LogP contribution in [0.4, 0.5) is 28.8 Å². The average Bonchev–Trinajstić information content (AvgIpc) is 3.00. The molecule has 242 valence electrons. The molecule has 45 heavy (non-hydrogen) atoms. The maximum absolute atomic E-state index is 13.4. The van der Waals surface area contributed by atoms with Gasteiger partial charge in [0.25, 0.3) is 0 Å². The van der Waals surface area contributed by atoms with Gasteiger partial charge in [-0.1, -0.05) is 11.6 Å². The predicted octanol–water partition coefficient (Wildman–Crippen LogP) is 5.64. The Morgan fingerprint density at radius 1 is 1.09 bits per heavy atom. The summed E-state index contributed by atoms with van der Waals surface area (Å²) < 4.78 is 36.5. The molecule has 13 heteroatoms. The number of hydrogen-bond acceptors (Lipinski definition) is 11. The average molecular weight is 657 g/mol. The number of aryl methyl sites for hydroxylation is 1. The molecule has 2 saturated heterocycles. The lowest BCUT2D eigenvalue weighted by Crippen LogP contribution is -2.58. The molecule has 3 aliphatic heterocycles. The van der Waals surface area contributed by atoms with E-state index >= 15 is 0 Å². The van der Waals surface area contributed by atoms with Crippen molar-refractivity contribution < 1.29 is 23.5 Å². The number of fused-ring (bicyclic) bond motifs is 1. The number of hydrogen-bond donors (Lipinski definition) is 2. The van der Waals surface area contributed by atoms with Crippen molar-refractivity contribution in [3.05, 3.63) is 41.0 Å². The first kappa shape index (κ1) is 31.7. The largest absolute Gasteiger partial charge is 0.494 e. The highest BCUT2D eigenvalue weighted by atomic mass is 35.5. The van der Waals surface area contributed by atoms with Gasteiger partial charge in [0.1, 0.15) is 31.1 Å². The van der Waals surface area contributed by atoms with Gasteiger partial charge >= 0.3 is 0 Å². The van der Waals surface area contributed by atoms with Crippen molar-refractivity contribution in [1.29, 1.82) is 0 Å². The van der Waals surface area contributed by atoms with Gasteiger partial charge in [0.15, 0.2) is 17.3 Å². The lowest BCUT2D eigenvalue weighted by atomic mass is 9.97. The summed E-state index contributed by atoms with van der Waals surface area (Å²) in [5, 5.41) is 7.45. The van der Waals surface area contributed by atoms with E-state index in [0.29, 0.717) is 70.4 Å². The Labute approximate surface area is 269 Å². The molecular weight excluding hydrogens is 615 g/mol. The molecule has 0 aliphatic carbocycles. The number of benzene rings is 2. The van der Waals surface area contributed by atoms with Crippen molar-refractivity contribution in [3.8, 4) is 17.2 Å². The zero-order valence-electron chi connectivity index (χ0n) is 26.6. The molecule has 0 unspecified atom stereocenters. The first-order valence-electron chi connectivity index (χ1n) is 15.5. The minimum Gasteiger partial charge on any atom is -0.494 e. The number of piperidine rings is 1. The highest BCUT2D eigenvalue weighted by molar-refractivity contribution is 7.70. The van der Waals surface area contributed by atoms with E-state index in [0.717, 1.165) is 56.9 Å². The van der Waals surface area contributed by atoms with E-state index in [1.165, 1.54) is 11.9 Å². The Hall–Kier alpha value is -3.24. The third-order valence-electron chi connectivity index (χ3n) is 8.58. The normalized spacial score (nSPS) is 17.6. The van der Waals surface area contributed by atoms with Gasteiger partial charge in [-0.2, -0.15) is 4.98 Å². The summed E-state index contributed by atoms with van der Waals surface area (Å²) in [5.74, 6) is 2.46. The van der Waals surface area contributed by atoms with E-state index in [4.69, 9.17) is 30.5 Å². The van der Waals surface area contributed by atoms with Gasteiger partial charge in [-0.3, -0.25) is 4.90 Å². The number of ether oxygens (including phenoxy) is 4. The van der Waals surface area contributed by atoms with E-state index in [2.05, 4.69) is 56.4 Å². The highest BCUT2D eigenvalue weighted by Gasteiger charge is 2.35. The predicted molar refractivity (Wildman–Crippen MR) is 180 cm³/mol. The minimum atomic E-state index is -2.78. The Morgan fingerprint density at radius 3 is 2.56 bits per heavy atom. The Bertz CT molecular complexity index is 1590. The summed E-state index contributed by atoms with van der Waals surface area (Å²) in [5.41, 5.74) is 3.63. The van der Waals surface area contributed by atoms with Crippen molar-refractivity contribution in [2.75, 3.05) is 82.0 Å². The summed E-state index contributed by atoms with van der Waals surface area (Å²) in [7, 11) is -1.11. The van der Waals surface area contributed by atoms with Crippen LogP contribution in [0.15, 0.2) is 30.5 Å². The molecule has 1 aromatic heterocycles. The van der Waals surface area contributed by atoms with Crippen LogP contribution in [0.3, 0.4) is 0 Å². The summed E-state index contributed by atoms with van der Waals surface area (Å²) in [6, 6.07) is 8.37. The molecule has 2 fully saturated rings. The van der Waals surface area contributed by atoms with Crippen molar-refractivity contribution in [2.45, 2.75) is 38.8 Å². The van der Waals surface area contributed by atoms with Gasteiger partial charge in [0, 0.05) is 50.6 Å². The first-order valence-corrected chi connectivity index (χ1v) is 18.5. The van der Waals surface area contributed by atoms with Crippen molar-refractivity contribution in [2.24, 2.45) is 0 Å². The topological polar surface area (TPSA) is 110 Å². The second-order valence-electron chi connectivity index (χ2n) is 12.1. The molecule has 0 spiro atoms. The lowest BCUT2D eigenvalue weighted by Gasteiger charge is -2.47. The van der Waals surface area contributed by atoms with Crippen LogP contribution >= 0.6 is 18.7 Å². The molecule has 3 aromatic rings. The van der Waals surface area contributed by atoms with Crippen LogP contribution in [-0.2, 0) is 9.30 Å². The molecule has 6 rings (SSSR count). The summed E-state index contributed by atoms with van der Waals surface area (Å²) >= 11 is 6.53. The van der Waals surface area contributed by atoms with Crippen LogP contribution in [0.1, 0.15) is 25.3 Å². The number of anilines is 5. The standard InChI is InChI=1S/C32H42ClN6O5P/c1-6-42-22-18-39(19-22)21-9-11-38(12-10-21)26-16-28(41-3)25(15-20(26)2)36-32-34-17-23(33)31(37-32)35-24-7-8-27-29(44-14-13-43-27)30(24)45(4,5)40/h7-8,15-17,21-22H,6,9-14,18-19H2,1-5H3,(H2,34,35,36,37). The number of aromatic nitrogens is 2. The summed E-state index contributed by atoms with van der Waals surface area (Å²) in [6.07, 6.45) is 4.19. The van der Waals surface area contributed by atoms with Crippen molar-refractivity contribution in [1.82, 2.24) is 14.9 Å². The molecule has 3 aliphatic rings. The quantitative estimate of drug-likeness (QED) is 0.265. The fourth-order valence-electron chi connectivity index (χ4n) is 6.37. The molecule has 0 atom stereocenters. The molecule has 0 radical (unpaired) electrons. The van der Waals surface area contributed by atoms with E-state index in [1.54, 1.807) is 26.5 Å². The number of nitrogens with one attached hydrogen (secondary N) is 2.